The zero-order chi connectivity index (χ0) is 19.7. The third-order valence-corrected chi connectivity index (χ3v) is 5.44. The van der Waals surface area contributed by atoms with E-state index in [4.69, 9.17) is 18.9 Å². The SMILES string of the molecule is COc1cc([C@H]2O[C@@H](c3cc(OC)c(O)c(OC)c3)[C@H](C)[C@@H]2C)ccc1O. The molecule has 0 saturated carbocycles. The normalized spacial score (nSPS) is 24.6. The van der Waals surface area contributed by atoms with Crippen molar-refractivity contribution in [2.24, 2.45) is 11.8 Å². The molecule has 1 fully saturated rings. The van der Waals surface area contributed by atoms with Crippen molar-refractivity contribution >= 4 is 0 Å². The molecular weight excluding hydrogens is 348 g/mol. The van der Waals surface area contributed by atoms with Crippen LogP contribution in [0.25, 0.3) is 0 Å². The summed E-state index contributed by atoms with van der Waals surface area (Å²) in [7, 11) is 4.54. The van der Waals surface area contributed by atoms with E-state index in [2.05, 4.69) is 13.8 Å². The molecule has 2 N–H and O–H groups in total. The van der Waals surface area contributed by atoms with Crippen molar-refractivity contribution < 1.29 is 29.2 Å². The fraction of sp³-hybridized carbons (Fsp3) is 0.429. The molecule has 1 saturated heterocycles. The zero-order valence-electron chi connectivity index (χ0n) is 16.2. The quantitative estimate of drug-likeness (QED) is 0.816. The highest BCUT2D eigenvalue weighted by Gasteiger charge is 2.41. The second kappa shape index (κ2) is 7.56. The van der Waals surface area contributed by atoms with Gasteiger partial charge >= 0.3 is 0 Å². The molecule has 1 heterocycles. The molecule has 146 valence electrons. The maximum atomic E-state index is 10.2. The molecule has 6 nitrogen and oxygen atoms in total. The second-order valence-electron chi connectivity index (χ2n) is 6.90. The molecule has 1 aliphatic heterocycles. The molecule has 0 unspecified atom stereocenters. The monoisotopic (exact) mass is 374 g/mol. The first-order valence-electron chi connectivity index (χ1n) is 8.88. The van der Waals surface area contributed by atoms with E-state index >= 15 is 0 Å². The lowest BCUT2D eigenvalue weighted by molar-refractivity contribution is 0.0286. The van der Waals surface area contributed by atoms with E-state index in [0.29, 0.717) is 17.2 Å². The Kier molecular flexibility index (Phi) is 5.37. The molecule has 2 aromatic carbocycles. The lowest BCUT2D eigenvalue weighted by Gasteiger charge is -2.19. The van der Waals surface area contributed by atoms with Crippen molar-refractivity contribution in [1.29, 1.82) is 0 Å². The summed E-state index contributed by atoms with van der Waals surface area (Å²) >= 11 is 0. The Morgan fingerprint density at radius 2 is 1.22 bits per heavy atom. The molecule has 1 aliphatic rings. The Morgan fingerprint density at radius 3 is 1.74 bits per heavy atom. The van der Waals surface area contributed by atoms with Crippen molar-refractivity contribution in [2.45, 2.75) is 26.1 Å². The Labute approximate surface area is 159 Å². The smallest absolute Gasteiger partial charge is 0.200 e. The summed E-state index contributed by atoms with van der Waals surface area (Å²) in [6.07, 6.45) is -0.335. The van der Waals surface area contributed by atoms with Crippen LogP contribution in [0.4, 0.5) is 0 Å². The number of benzene rings is 2. The van der Waals surface area contributed by atoms with E-state index in [-0.39, 0.29) is 35.5 Å². The van der Waals surface area contributed by atoms with Crippen molar-refractivity contribution in [3.63, 3.8) is 0 Å². The van der Waals surface area contributed by atoms with Crippen LogP contribution in [0, 0.1) is 11.8 Å². The summed E-state index contributed by atoms with van der Waals surface area (Å²) in [5.41, 5.74) is 1.83. The van der Waals surface area contributed by atoms with E-state index in [1.165, 1.54) is 21.3 Å². The average molecular weight is 374 g/mol. The number of hydrogen-bond donors (Lipinski definition) is 2. The summed E-state index contributed by atoms with van der Waals surface area (Å²) in [6, 6.07) is 8.85. The highest BCUT2D eigenvalue weighted by atomic mass is 16.5. The molecule has 0 aliphatic carbocycles. The molecule has 27 heavy (non-hydrogen) atoms. The Hall–Kier alpha value is -2.60. The van der Waals surface area contributed by atoms with Crippen LogP contribution in [0.5, 0.6) is 28.7 Å². The predicted molar refractivity (Wildman–Crippen MR) is 101 cm³/mol. The van der Waals surface area contributed by atoms with Crippen molar-refractivity contribution in [1.82, 2.24) is 0 Å². The van der Waals surface area contributed by atoms with Crippen LogP contribution in [0.3, 0.4) is 0 Å². The first-order chi connectivity index (χ1) is 12.9. The van der Waals surface area contributed by atoms with Crippen LogP contribution in [-0.4, -0.2) is 31.5 Å². The van der Waals surface area contributed by atoms with Gasteiger partial charge in [-0.2, -0.15) is 0 Å². The van der Waals surface area contributed by atoms with Crippen LogP contribution in [0.15, 0.2) is 30.3 Å². The summed E-state index contributed by atoms with van der Waals surface area (Å²) in [6.45, 7) is 4.28. The third kappa shape index (κ3) is 3.37. The van der Waals surface area contributed by atoms with Gasteiger partial charge in [-0.1, -0.05) is 19.9 Å². The molecule has 0 amide bonds. The van der Waals surface area contributed by atoms with Crippen molar-refractivity contribution in [3.05, 3.63) is 41.5 Å². The minimum atomic E-state index is -0.187. The summed E-state index contributed by atoms with van der Waals surface area (Å²) < 4.78 is 22.2. The van der Waals surface area contributed by atoms with Crippen LogP contribution < -0.4 is 14.2 Å². The number of phenols is 2. The molecule has 0 bridgehead atoms. The fourth-order valence-electron chi connectivity index (χ4n) is 3.67. The molecule has 6 heteroatoms. The number of ether oxygens (including phenoxy) is 4. The Bertz CT molecular complexity index is 793. The maximum absolute atomic E-state index is 10.2. The number of phenolic OH excluding ortho intramolecular Hbond substituents is 2. The highest BCUT2D eigenvalue weighted by molar-refractivity contribution is 5.53. The van der Waals surface area contributed by atoms with E-state index in [9.17, 15) is 10.2 Å². The van der Waals surface area contributed by atoms with Crippen LogP contribution in [0.2, 0.25) is 0 Å². The standard InChI is InChI=1S/C21H26O6/c1-11-12(2)21(14-9-17(25-4)19(23)18(10-14)26-5)27-20(11)13-6-7-15(22)16(8-13)24-3/h6-12,20-23H,1-5H3/t11-,12+,20-,21+/m0/s1. The van der Waals surface area contributed by atoms with Crippen molar-refractivity contribution in [2.75, 3.05) is 21.3 Å². The second-order valence-corrected chi connectivity index (χ2v) is 6.90. The first kappa shape index (κ1) is 19.2. The predicted octanol–water partition coefficient (Wildman–Crippen LogP) is 4.21. The number of methoxy groups -OCH3 is 3. The van der Waals surface area contributed by atoms with Gasteiger partial charge in [0.15, 0.2) is 23.0 Å². The lowest BCUT2D eigenvalue weighted by Crippen LogP contribution is -2.10. The van der Waals surface area contributed by atoms with Gasteiger partial charge in [-0.15, -0.1) is 0 Å². The number of aromatic hydroxyl groups is 2. The third-order valence-electron chi connectivity index (χ3n) is 5.44. The van der Waals surface area contributed by atoms with E-state index in [0.717, 1.165) is 11.1 Å². The van der Waals surface area contributed by atoms with E-state index in [1.54, 1.807) is 18.2 Å². The average Bonchev–Trinajstić information content (AvgIpc) is 2.97. The summed E-state index contributed by atoms with van der Waals surface area (Å²) in [5.74, 6) is 1.65. The van der Waals surface area contributed by atoms with Crippen LogP contribution in [-0.2, 0) is 4.74 Å². The molecule has 2 aromatic rings. The topological polar surface area (TPSA) is 77.4 Å². The molecule has 0 radical (unpaired) electrons. The summed E-state index contributed by atoms with van der Waals surface area (Å²) in [4.78, 5) is 0. The zero-order valence-corrected chi connectivity index (χ0v) is 16.2. The minimum absolute atomic E-state index is 0.0257. The minimum Gasteiger partial charge on any atom is -0.504 e. The van der Waals surface area contributed by atoms with Gasteiger partial charge in [0.25, 0.3) is 0 Å². The Morgan fingerprint density at radius 1 is 0.741 bits per heavy atom. The molecule has 0 aromatic heterocycles. The van der Waals surface area contributed by atoms with Crippen molar-refractivity contribution in [3.8, 4) is 28.7 Å². The molecule has 0 spiro atoms. The number of rotatable bonds is 5. The lowest BCUT2D eigenvalue weighted by atomic mass is 9.85. The molecule has 3 rings (SSSR count). The summed E-state index contributed by atoms with van der Waals surface area (Å²) in [5, 5.41) is 20.0. The van der Waals surface area contributed by atoms with Gasteiger partial charge in [0.1, 0.15) is 0 Å². The van der Waals surface area contributed by atoms with Crippen LogP contribution >= 0.6 is 0 Å². The van der Waals surface area contributed by atoms with Crippen LogP contribution in [0.1, 0.15) is 37.2 Å². The van der Waals surface area contributed by atoms with Gasteiger partial charge in [0, 0.05) is 0 Å². The van der Waals surface area contributed by atoms with Gasteiger partial charge in [-0.3, -0.25) is 0 Å². The van der Waals surface area contributed by atoms with Gasteiger partial charge in [-0.25, -0.2) is 0 Å². The largest absolute Gasteiger partial charge is 0.504 e. The molecular formula is C21H26O6. The first-order valence-corrected chi connectivity index (χ1v) is 8.88. The Balaban J connectivity index is 1.96. The van der Waals surface area contributed by atoms with Gasteiger partial charge < -0.3 is 29.2 Å². The van der Waals surface area contributed by atoms with Gasteiger partial charge in [-0.05, 0) is 47.2 Å². The van der Waals surface area contributed by atoms with Gasteiger partial charge in [0.2, 0.25) is 5.75 Å². The van der Waals surface area contributed by atoms with E-state index < -0.39 is 0 Å². The highest BCUT2D eigenvalue weighted by Crippen LogP contribution is 2.51. The number of hydrogen-bond acceptors (Lipinski definition) is 6. The van der Waals surface area contributed by atoms with E-state index in [1.807, 2.05) is 12.1 Å². The van der Waals surface area contributed by atoms with Gasteiger partial charge in [0.05, 0.1) is 33.5 Å². The fourth-order valence-corrected chi connectivity index (χ4v) is 3.67. The molecule has 4 atom stereocenters. The maximum Gasteiger partial charge on any atom is 0.200 e.